The van der Waals surface area contributed by atoms with Crippen molar-refractivity contribution >= 4 is 28.7 Å². The normalized spacial score (nSPS) is 18.5. The van der Waals surface area contributed by atoms with Gasteiger partial charge in [-0.3, -0.25) is 9.59 Å². The summed E-state index contributed by atoms with van der Waals surface area (Å²) in [6.07, 6.45) is 6.26. The van der Waals surface area contributed by atoms with Crippen molar-refractivity contribution in [3.63, 3.8) is 0 Å². The molecule has 1 aromatic carbocycles. The molecule has 1 fully saturated rings. The number of carbonyl (C=O) groups is 2. The minimum atomic E-state index is -0.383. The quantitative estimate of drug-likeness (QED) is 0.593. The SMILES string of the molecule is CNC(=O)C1CCCC(C(=O)Nc2cc(-c3cc(F)c4ncn(C(C)C)c4c3)c(C)cn2)C1. The van der Waals surface area contributed by atoms with E-state index in [4.69, 9.17) is 0 Å². The number of carbonyl (C=O) groups excluding carboxylic acids is 2. The third-order valence-electron chi connectivity index (χ3n) is 6.52. The predicted octanol–water partition coefficient (Wildman–Crippen LogP) is 4.62. The van der Waals surface area contributed by atoms with Crippen LogP contribution in [-0.2, 0) is 9.59 Å². The fourth-order valence-corrected chi connectivity index (χ4v) is 4.66. The Morgan fingerprint density at radius 1 is 1.12 bits per heavy atom. The molecule has 8 heteroatoms. The zero-order valence-corrected chi connectivity index (χ0v) is 19.5. The first-order valence-electron chi connectivity index (χ1n) is 11.4. The number of pyridine rings is 1. The highest BCUT2D eigenvalue weighted by atomic mass is 19.1. The Balaban J connectivity index is 1.60. The second-order valence-electron chi connectivity index (χ2n) is 9.12. The van der Waals surface area contributed by atoms with Crippen LogP contribution < -0.4 is 10.6 Å². The summed E-state index contributed by atoms with van der Waals surface area (Å²) in [6, 6.07) is 5.33. The smallest absolute Gasteiger partial charge is 0.228 e. The molecule has 33 heavy (non-hydrogen) atoms. The van der Waals surface area contributed by atoms with E-state index in [-0.39, 0.29) is 35.5 Å². The molecule has 0 bridgehead atoms. The molecule has 1 aliphatic carbocycles. The Hall–Kier alpha value is -3.29. The van der Waals surface area contributed by atoms with Crippen LogP contribution in [0, 0.1) is 24.6 Å². The summed E-state index contributed by atoms with van der Waals surface area (Å²) < 4.78 is 16.8. The minimum absolute atomic E-state index is 0.0127. The largest absolute Gasteiger partial charge is 0.359 e. The maximum atomic E-state index is 14.8. The van der Waals surface area contributed by atoms with Crippen LogP contribution in [0.5, 0.6) is 0 Å². The van der Waals surface area contributed by atoms with Gasteiger partial charge in [-0.1, -0.05) is 6.42 Å². The van der Waals surface area contributed by atoms with Crippen molar-refractivity contribution in [3.05, 3.63) is 42.1 Å². The zero-order valence-electron chi connectivity index (χ0n) is 19.5. The molecule has 2 heterocycles. The summed E-state index contributed by atoms with van der Waals surface area (Å²) in [5.41, 5.74) is 3.44. The Kier molecular flexibility index (Phi) is 6.44. The van der Waals surface area contributed by atoms with Crippen molar-refractivity contribution in [2.75, 3.05) is 12.4 Å². The Morgan fingerprint density at radius 3 is 2.55 bits per heavy atom. The van der Waals surface area contributed by atoms with Crippen molar-refractivity contribution in [3.8, 4) is 11.1 Å². The third-order valence-corrected chi connectivity index (χ3v) is 6.52. The van der Waals surface area contributed by atoms with Crippen LogP contribution in [-0.4, -0.2) is 33.4 Å². The standard InChI is InChI=1S/C25H30FN5O2/c1-14(2)31-13-29-23-20(26)9-18(10-21(23)31)19-11-22(28-12-15(19)3)30-25(33)17-7-5-6-16(8-17)24(32)27-4/h9-14,16-17H,5-8H2,1-4H3,(H,27,32)(H,28,30,33). The molecule has 0 spiro atoms. The number of aromatic nitrogens is 3. The van der Waals surface area contributed by atoms with Gasteiger partial charge in [-0.25, -0.2) is 14.4 Å². The third kappa shape index (κ3) is 4.60. The Bertz CT molecular complexity index is 1200. The number of hydrogen-bond acceptors (Lipinski definition) is 4. The lowest BCUT2D eigenvalue weighted by Crippen LogP contribution is -2.35. The number of fused-ring (bicyclic) bond motifs is 1. The van der Waals surface area contributed by atoms with Crippen LogP contribution in [0.15, 0.2) is 30.7 Å². The fourth-order valence-electron chi connectivity index (χ4n) is 4.66. The second-order valence-corrected chi connectivity index (χ2v) is 9.12. The lowest BCUT2D eigenvalue weighted by molar-refractivity contribution is -0.127. The minimum Gasteiger partial charge on any atom is -0.359 e. The Labute approximate surface area is 192 Å². The van der Waals surface area contributed by atoms with Gasteiger partial charge in [-0.05, 0) is 74.9 Å². The molecule has 2 aromatic heterocycles. The molecule has 7 nitrogen and oxygen atoms in total. The van der Waals surface area contributed by atoms with Crippen molar-refractivity contribution in [1.29, 1.82) is 0 Å². The molecule has 2 unspecified atom stereocenters. The molecule has 1 aliphatic rings. The number of hydrogen-bond donors (Lipinski definition) is 2. The molecule has 0 saturated heterocycles. The number of benzene rings is 1. The van der Waals surface area contributed by atoms with Gasteiger partial charge in [0.2, 0.25) is 11.8 Å². The van der Waals surface area contributed by atoms with E-state index in [9.17, 15) is 14.0 Å². The second kappa shape index (κ2) is 9.29. The lowest BCUT2D eigenvalue weighted by Gasteiger charge is -2.27. The molecule has 0 radical (unpaired) electrons. The van der Waals surface area contributed by atoms with Gasteiger partial charge in [-0.2, -0.15) is 0 Å². The fraction of sp³-hybridized carbons (Fsp3) is 0.440. The number of rotatable bonds is 5. The van der Waals surface area contributed by atoms with E-state index in [1.54, 1.807) is 25.6 Å². The van der Waals surface area contributed by atoms with E-state index in [0.29, 0.717) is 23.3 Å². The van der Waals surface area contributed by atoms with Gasteiger partial charge in [0.05, 0.1) is 11.8 Å². The van der Waals surface area contributed by atoms with Crippen LogP contribution in [0.3, 0.4) is 0 Å². The maximum Gasteiger partial charge on any atom is 0.228 e. The van der Waals surface area contributed by atoms with Gasteiger partial charge in [0.25, 0.3) is 0 Å². The molecule has 2 N–H and O–H groups in total. The highest BCUT2D eigenvalue weighted by molar-refractivity contribution is 5.93. The number of halogens is 1. The van der Waals surface area contributed by atoms with Crippen LogP contribution >= 0.6 is 0 Å². The first-order chi connectivity index (χ1) is 15.8. The van der Waals surface area contributed by atoms with Crippen LogP contribution in [0.25, 0.3) is 22.2 Å². The molecule has 1 saturated carbocycles. The predicted molar refractivity (Wildman–Crippen MR) is 126 cm³/mol. The van der Waals surface area contributed by atoms with Crippen molar-refractivity contribution in [2.45, 2.75) is 52.5 Å². The van der Waals surface area contributed by atoms with Gasteiger partial charge in [0.15, 0.2) is 5.82 Å². The van der Waals surface area contributed by atoms with Crippen molar-refractivity contribution in [1.82, 2.24) is 19.9 Å². The number of anilines is 1. The highest BCUT2D eigenvalue weighted by Crippen LogP contribution is 2.32. The van der Waals surface area contributed by atoms with Gasteiger partial charge >= 0.3 is 0 Å². The van der Waals surface area contributed by atoms with Gasteiger partial charge < -0.3 is 15.2 Å². The highest BCUT2D eigenvalue weighted by Gasteiger charge is 2.31. The number of nitrogens with one attached hydrogen (secondary N) is 2. The van der Waals surface area contributed by atoms with Gasteiger partial charge in [0, 0.05) is 31.1 Å². The number of nitrogens with zero attached hydrogens (tertiary/aromatic N) is 3. The molecular formula is C25H30FN5O2. The average molecular weight is 452 g/mol. The first kappa shape index (κ1) is 22.9. The van der Waals surface area contributed by atoms with E-state index in [1.807, 2.05) is 31.4 Å². The van der Waals surface area contributed by atoms with E-state index < -0.39 is 0 Å². The van der Waals surface area contributed by atoms with Crippen LogP contribution in [0.2, 0.25) is 0 Å². The molecule has 2 atom stereocenters. The topological polar surface area (TPSA) is 88.9 Å². The van der Waals surface area contributed by atoms with E-state index in [1.165, 1.54) is 6.07 Å². The summed E-state index contributed by atoms with van der Waals surface area (Å²) in [7, 11) is 1.62. The average Bonchev–Trinajstić information content (AvgIpc) is 3.25. The zero-order chi connectivity index (χ0) is 23.7. The molecule has 4 rings (SSSR count). The van der Waals surface area contributed by atoms with E-state index in [0.717, 1.165) is 35.9 Å². The monoisotopic (exact) mass is 451 g/mol. The van der Waals surface area contributed by atoms with Crippen molar-refractivity contribution in [2.24, 2.45) is 11.8 Å². The number of aryl methyl sites for hydroxylation is 1. The summed E-state index contributed by atoms with van der Waals surface area (Å²) >= 11 is 0. The molecular weight excluding hydrogens is 421 g/mol. The van der Waals surface area contributed by atoms with Crippen LogP contribution in [0.4, 0.5) is 10.2 Å². The first-order valence-corrected chi connectivity index (χ1v) is 11.4. The lowest BCUT2D eigenvalue weighted by atomic mass is 9.80. The maximum absolute atomic E-state index is 14.8. The van der Waals surface area contributed by atoms with E-state index >= 15 is 0 Å². The summed E-state index contributed by atoms with van der Waals surface area (Å²) in [6.45, 7) is 5.96. The van der Waals surface area contributed by atoms with Crippen LogP contribution in [0.1, 0.15) is 51.1 Å². The molecule has 2 amide bonds. The van der Waals surface area contributed by atoms with E-state index in [2.05, 4.69) is 20.6 Å². The molecule has 3 aromatic rings. The van der Waals surface area contributed by atoms with Gasteiger partial charge in [-0.15, -0.1) is 0 Å². The number of imidazole rings is 1. The summed E-state index contributed by atoms with van der Waals surface area (Å²) in [4.78, 5) is 33.5. The Morgan fingerprint density at radius 2 is 1.85 bits per heavy atom. The van der Waals surface area contributed by atoms with Crippen molar-refractivity contribution < 1.29 is 14.0 Å². The summed E-state index contributed by atoms with van der Waals surface area (Å²) in [5.74, 6) is -0.484. The van der Waals surface area contributed by atoms with Gasteiger partial charge in [0.1, 0.15) is 11.3 Å². The summed E-state index contributed by atoms with van der Waals surface area (Å²) in [5, 5.41) is 5.59. The number of amides is 2. The molecule has 174 valence electrons. The molecule has 0 aliphatic heterocycles.